The van der Waals surface area contributed by atoms with Crippen LogP contribution in [0, 0.1) is 5.82 Å². The number of phenolic OH excluding ortho intramolecular Hbond substituents is 1. The predicted molar refractivity (Wildman–Crippen MR) is 62.7 cm³/mol. The maximum atomic E-state index is 13.1. The molecule has 0 bridgehead atoms. The summed E-state index contributed by atoms with van der Waals surface area (Å²) >= 11 is 5.55. The number of benzene rings is 1. The fraction of sp³-hybridized carbons (Fsp3) is 0.400. The summed E-state index contributed by atoms with van der Waals surface area (Å²) in [5, 5.41) is 31.8. The van der Waals surface area contributed by atoms with Gasteiger partial charge in [-0.2, -0.15) is 0 Å². The van der Waals surface area contributed by atoms with Crippen molar-refractivity contribution in [2.45, 2.75) is 18.6 Å². The number of hydrogen-bond donors (Lipinski definition) is 3. The standard InChI is InChI=1S/C10H11ClFN3O3/c11-7-4-5(12)3-6(9(7)17)10(18)8(16)1-2-14-15-13/h3-4,8,10,16-18H,1-2H2. The maximum Gasteiger partial charge on any atom is 0.140 e. The van der Waals surface area contributed by atoms with Gasteiger partial charge in [0, 0.05) is 17.0 Å². The summed E-state index contributed by atoms with van der Waals surface area (Å²) < 4.78 is 13.1. The fourth-order valence-corrected chi connectivity index (χ4v) is 1.62. The second kappa shape index (κ2) is 6.42. The van der Waals surface area contributed by atoms with Crippen LogP contribution in [-0.2, 0) is 0 Å². The minimum Gasteiger partial charge on any atom is -0.506 e. The molecule has 0 spiro atoms. The van der Waals surface area contributed by atoms with Crippen LogP contribution in [0.5, 0.6) is 5.75 Å². The highest BCUT2D eigenvalue weighted by Crippen LogP contribution is 2.34. The third-order valence-corrected chi connectivity index (χ3v) is 2.62. The van der Waals surface area contributed by atoms with Gasteiger partial charge in [0.25, 0.3) is 0 Å². The molecule has 0 saturated heterocycles. The van der Waals surface area contributed by atoms with Crippen molar-refractivity contribution in [3.8, 4) is 5.75 Å². The minimum absolute atomic E-state index is 0.0290. The number of aromatic hydroxyl groups is 1. The molecule has 0 aliphatic rings. The van der Waals surface area contributed by atoms with Gasteiger partial charge in [0.2, 0.25) is 0 Å². The van der Waals surface area contributed by atoms with Crippen LogP contribution in [0.1, 0.15) is 18.1 Å². The fourth-order valence-electron chi connectivity index (χ4n) is 1.41. The Balaban J connectivity index is 2.89. The van der Waals surface area contributed by atoms with Crippen molar-refractivity contribution in [3.05, 3.63) is 39.0 Å². The second-order valence-corrected chi connectivity index (χ2v) is 3.99. The monoisotopic (exact) mass is 275 g/mol. The highest BCUT2D eigenvalue weighted by molar-refractivity contribution is 6.32. The van der Waals surface area contributed by atoms with Gasteiger partial charge in [-0.05, 0) is 24.1 Å². The van der Waals surface area contributed by atoms with E-state index >= 15 is 0 Å². The van der Waals surface area contributed by atoms with Crippen molar-refractivity contribution < 1.29 is 19.7 Å². The lowest BCUT2D eigenvalue weighted by molar-refractivity contribution is 0.0136. The summed E-state index contributed by atoms with van der Waals surface area (Å²) in [6.07, 6.45) is -2.86. The number of hydrogen-bond acceptors (Lipinski definition) is 4. The normalized spacial score (nSPS) is 13.8. The molecule has 0 heterocycles. The first kappa shape index (κ1) is 14.5. The lowest BCUT2D eigenvalue weighted by Crippen LogP contribution is -2.19. The van der Waals surface area contributed by atoms with Crippen LogP contribution in [0.2, 0.25) is 5.02 Å². The number of aliphatic hydroxyl groups excluding tert-OH is 2. The molecule has 0 aromatic heterocycles. The van der Waals surface area contributed by atoms with Crippen LogP contribution in [0.3, 0.4) is 0 Å². The highest BCUT2D eigenvalue weighted by Gasteiger charge is 2.23. The largest absolute Gasteiger partial charge is 0.506 e. The number of halogens is 2. The Morgan fingerprint density at radius 1 is 1.44 bits per heavy atom. The van der Waals surface area contributed by atoms with Gasteiger partial charge in [-0.15, -0.1) is 0 Å². The molecule has 1 aromatic carbocycles. The summed E-state index contributed by atoms with van der Waals surface area (Å²) in [6, 6.07) is 1.77. The molecule has 2 unspecified atom stereocenters. The first-order valence-corrected chi connectivity index (χ1v) is 5.40. The lowest BCUT2D eigenvalue weighted by Gasteiger charge is -2.18. The van der Waals surface area contributed by atoms with Gasteiger partial charge < -0.3 is 15.3 Å². The molecular formula is C10H11ClFN3O3. The Morgan fingerprint density at radius 3 is 2.72 bits per heavy atom. The molecule has 0 aliphatic carbocycles. The molecule has 98 valence electrons. The summed E-state index contributed by atoms with van der Waals surface area (Å²) in [6.45, 7) is -0.0292. The van der Waals surface area contributed by atoms with E-state index in [-0.39, 0.29) is 23.6 Å². The predicted octanol–water partition coefficient (Wildman–Crippen LogP) is 2.28. The molecule has 6 nitrogen and oxygen atoms in total. The van der Waals surface area contributed by atoms with Crippen LogP contribution in [0.4, 0.5) is 4.39 Å². The van der Waals surface area contributed by atoms with E-state index in [1.807, 2.05) is 0 Å². The third-order valence-electron chi connectivity index (χ3n) is 2.33. The van der Waals surface area contributed by atoms with Gasteiger partial charge in [-0.25, -0.2) is 4.39 Å². The molecule has 0 aliphatic heterocycles. The number of rotatable bonds is 5. The topological polar surface area (TPSA) is 109 Å². The Hall–Kier alpha value is -1.53. The van der Waals surface area contributed by atoms with E-state index in [1.165, 1.54) is 0 Å². The summed E-state index contributed by atoms with van der Waals surface area (Å²) in [5.41, 5.74) is 7.84. The molecule has 2 atom stereocenters. The SMILES string of the molecule is [N-]=[N+]=NCCC(O)C(O)c1cc(F)cc(Cl)c1O. The van der Waals surface area contributed by atoms with Gasteiger partial charge in [0.15, 0.2) is 0 Å². The van der Waals surface area contributed by atoms with Crippen LogP contribution in [0.25, 0.3) is 10.4 Å². The van der Waals surface area contributed by atoms with E-state index < -0.39 is 23.8 Å². The van der Waals surface area contributed by atoms with Crippen LogP contribution < -0.4 is 0 Å². The van der Waals surface area contributed by atoms with Crippen molar-refractivity contribution in [3.63, 3.8) is 0 Å². The van der Waals surface area contributed by atoms with Crippen molar-refractivity contribution in [2.75, 3.05) is 6.54 Å². The van der Waals surface area contributed by atoms with Gasteiger partial charge in [0.05, 0.1) is 11.1 Å². The van der Waals surface area contributed by atoms with Gasteiger partial charge in [-0.3, -0.25) is 0 Å². The number of nitrogens with zero attached hydrogens (tertiary/aromatic N) is 3. The van der Waals surface area contributed by atoms with E-state index in [0.717, 1.165) is 12.1 Å². The molecule has 8 heteroatoms. The molecule has 0 fully saturated rings. The number of phenols is 1. The summed E-state index contributed by atoms with van der Waals surface area (Å²) in [4.78, 5) is 2.49. The Morgan fingerprint density at radius 2 is 2.11 bits per heavy atom. The van der Waals surface area contributed by atoms with Gasteiger partial charge in [0.1, 0.15) is 17.7 Å². The first-order chi connectivity index (χ1) is 8.47. The minimum atomic E-state index is -1.52. The lowest BCUT2D eigenvalue weighted by atomic mass is 10.0. The van der Waals surface area contributed by atoms with E-state index in [0.29, 0.717) is 0 Å². The zero-order chi connectivity index (χ0) is 13.7. The third kappa shape index (κ3) is 3.48. The molecule has 1 aromatic rings. The molecule has 3 N–H and O–H groups in total. The Bertz CT molecular complexity index is 480. The maximum absolute atomic E-state index is 13.1. The molecular weight excluding hydrogens is 265 g/mol. The highest BCUT2D eigenvalue weighted by atomic mass is 35.5. The van der Waals surface area contributed by atoms with Crippen molar-refractivity contribution in [1.82, 2.24) is 0 Å². The Kier molecular flexibility index (Phi) is 5.18. The summed E-state index contributed by atoms with van der Waals surface area (Å²) in [7, 11) is 0. The van der Waals surface area contributed by atoms with Crippen molar-refractivity contribution in [2.24, 2.45) is 5.11 Å². The van der Waals surface area contributed by atoms with Gasteiger partial charge >= 0.3 is 0 Å². The van der Waals surface area contributed by atoms with Crippen molar-refractivity contribution >= 4 is 11.6 Å². The van der Waals surface area contributed by atoms with E-state index in [2.05, 4.69) is 10.0 Å². The summed E-state index contributed by atoms with van der Waals surface area (Å²) in [5.74, 6) is -1.23. The average Bonchev–Trinajstić information content (AvgIpc) is 2.33. The molecule has 0 amide bonds. The average molecular weight is 276 g/mol. The Labute approximate surface area is 107 Å². The second-order valence-electron chi connectivity index (χ2n) is 3.58. The van der Waals surface area contributed by atoms with E-state index in [4.69, 9.17) is 17.1 Å². The van der Waals surface area contributed by atoms with Crippen LogP contribution in [-0.4, -0.2) is 28.0 Å². The quantitative estimate of drug-likeness (QED) is 0.435. The smallest absolute Gasteiger partial charge is 0.140 e. The van der Waals surface area contributed by atoms with Gasteiger partial charge in [-0.1, -0.05) is 16.7 Å². The molecule has 1 rings (SSSR count). The molecule has 0 saturated carbocycles. The van der Waals surface area contributed by atoms with Crippen LogP contribution >= 0.6 is 11.6 Å². The molecule has 0 radical (unpaired) electrons. The number of azide groups is 1. The van der Waals surface area contributed by atoms with Crippen molar-refractivity contribution in [1.29, 1.82) is 0 Å². The first-order valence-electron chi connectivity index (χ1n) is 5.02. The van der Waals surface area contributed by atoms with Crippen LogP contribution in [0.15, 0.2) is 17.2 Å². The molecule has 18 heavy (non-hydrogen) atoms. The zero-order valence-electron chi connectivity index (χ0n) is 9.16. The van der Waals surface area contributed by atoms with E-state index in [9.17, 15) is 19.7 Å². The van der Waals surface area contributed by atoms with E-state index in [1.54, 1.807) is 0 Å². The number of aliphatic hydroxyl groups is 2. The zero-order valence-corrected chi connectivity index (χ0v) is 9.92.